The van der Waals surface area contributed by atoms with Crippen molar-refractivity contribution < 1.29 is 19.0 Å². The summed E-state index contributed by atoms with van der Waals surface area (Å²) in [5.41, 5.74) is 0.00620. The number of hydrogen-bond acceptors (Lipinski definition) is 4. The van der Waals surface area contributed by atoms with Gasteiger partial charge in [0.2, 0.25) is 0 Å². The molecule has 0 aromatic heterocycles. The third-order valence-corrected chi connectivity index (χ3v) is 3.48. The van der Waals surface area contributed by atoms with Crippen LogP contribution in [0.25, 0.3) is 0 Å². The fourth-order valence-corrected chi connectivity index (χ4v) is 2.38. The third kappa shape index (κ3) is 4.10. The van der Waals surface area contributed by atoms with Gasteiger partial charge in [0.05, 0.1) is 0 Å². The molecular formula is C16H23FN2O3. The summed E-state index contributed by atoms with van der Waals surface area (Å²) in [6, 6.07) is 3.78. The molecule has 5 nitrogen and oxygen atoms in total. The van der Waals surface area contributed by atoms with Gasteiger partial charge in [0.15, 0.2) is 0 Å². The second-order valence-electron chi connectivity index (χ2n) is 6.67. The van der Waals surface area contributed by atoms with Crippen LogP contribution in [0.1, 0.15) is 39.3 Å². The molecule has 1 amide bonds. The fourth-order valence-electron chi connectivity index (χ4n) is 2.38. The molecule has 0 saturated carbocycles. The molecule has 1 heterocycles. The average Bonchev–Trinajstić information content (AvgIpc) is 2.33. The lowest BCUT2D eigenvalue weighted by molar-refractivity contribution is 0.00430. The summed E-state index contributed by atoms with van der Waals surface area (Å²) in [4.78, 5) is 13.4. The van der Waals surface area contributed by atoms with Crippen molar-refractivity contribution in [2.24, 2.45) is 0 Å². The van der Waals surface area contributed by atoms with Gasteiger partial charge < -0.3 is 20.1 Å². The SMILES string of the molecule is CC(NC1CN(C(=O)OC(C)(C)C)C1)c1cc(F)ccc1O. The number of halogens is 1. The van der Waals surface area contributed by atoms with Gasteiger partial charge in [-0.25, -0.2) is 9.18 Å². The number of ether oxygens (including phenoxy) is 1. The van der Waals surface area contributed by atoms with Gasteiger partial charge in [0, 0.05) is 30.7 Å². The lowest BCUT2D eigenvalue weighted by Gasteiger charge is -2.41. The first kappa shape index (κ1) is 16.5. The van der Waals surface area contributed by atoms with E-state index in [4.69, 9.17) is 4.74 Å². The van der Waals surface area contributed by atoms with Crippen LogP contribution in [-0.4, -0.2) is 40.8 Å². The molecule has 6 heteroatoms. The summed E-state index contributed by atoms with van der Waals surface area (Å²) >= 11 is 0. The molecule has 1 saturated heterocycles. The molecule has 2 N–H and O–H groups in total. The highest BCUT2D eigenvalue weighted by Gasteiger charge is 2.34. The molecule has 1 aromatic rings. The number of nitrogens with zero attached hydrogens (tertiary/aromatic N) is 1. The number of hydrogen-bond donors (Lipinski definition) is 2. The minimum atomic E-state index is -0.504. The van der Waals surface area contributed by atoms with Gasteiger partial charge in [-0.1, -0.05) is 0 Å². The summed E-state index contributed by atoms with van der Waals surface area (Å²) in [5.74, 6) is -0.324. The van der Waals surface area contributed by atoms with Crippen LogP contribution in [0.15, 0.2) is 18.2 Å². The van der Waals surface area contributed by atoms with Crippen molar-refractivity contribution in [1.29, 1.82) is 0 Å². The number of phenolic OH excluding ortho intramolecular Hbond substituents is 1. The predicted molar refractivity (Wildman–Crippen MR) is 81.2 cm³/mol. The Balaban J connectivity index is 1.85. The second kappa shape index (κ2) is 6.12. The van der Waals surface area contributed by atoms with Gasteiger partial charge in [0.25, 0.3) is 0 Å². The Kier molecular flexibility index (Phi) is 4.60. The number of carbonyl (C=O) groups is 1. The highest BCUT2D eigenvalue weighted by molar-refractivity contribution is 5.69. The molecule has 122 valence electrons. The molecule has 0 aliphatic carbocycles. The monoisotopic (exact) mass is 310 g/mol. The van der Waals surface area contributed by atoms with E-state index in [1.54, 1.807) is 4.90 Å². The first-order valence-electron chi connectivity index (χ1n) is 7.38. The number of likely N-dealkylation sites (tertiary alicyclic amines) is 1. The minimum absolute atomic E-state index is 0.0599. The molecule has 1 atom stereocenters. The van der Waals surface area contributed by atoms with Crippen molar-refractivity contribution in [1.82, 2.24) is 10.2 Å². The molecule has 1 unspecified atom stereocenters. The van der Waals surface area contributed by atoms with Gasteiger partial charge in [0.1, 0.15) is 17.2 Å². The smallest absolute Gasteiger partial charge is 0.410 e. The Bertz CT molecular complexity index is 551. The summed E-state index contributed by atoms with van der Waals surface area (Å²) in [7, 11) is 0. The number of phenols is 1. The maximum absolute atomic E-state index is 13.3. The standard InChI is InChI=1S/C16H23FN2O3/c1-10(13-7-11(17)5-6-14(13)20)18-12-8-19(9-12)15(21)22-16(2,3)4/h5-7,10,12,18,20H,8-9H2,1-4H3. The predicted octanol–water partition coefficient (Wildman–Crippen LogP) is 2.80. The van der Waals surface area contributed by atoms with Gasteiger partial charge >= 0.3 is 6.09 Å². The van der Waals surface area contributed by atoms with E-state index < -0.39 is 5.60 Å². The Morgan fingerprint density at radius 1 is 1.45 bits per heavy atom. The molecule has 0 radical (unpaired) electrons. The third-order valence-electron chi connectivity index (χ3n) is 3.48. The number of nitrogens with one attached hydrogen (secondary N) is 1. The highest BCUT2D eigenvalue weighted by atomic mass is 19.1. The van der Waals surface area contributed by atoms with Crippen LogP contribution in [0.2, 0.25) is 0 Å². The van der Waals surface area contributed by atoms with Gasteiger partial charge in [-0.3, -0.25) is 0 Å². The van der Waals surface area contributed by atoms with Gasteiger partial charge in [-0.05, 0) is 45.9 Å². The molecular weight excluding hydrogens is 287 g/mol. The van der Waals surface area contributed by atoms with Crippen LogP contribution in [0.5, 0.6) is 5.75 Å². The molecule has 0 spiro atoms. The van der Waals surface area contributed by atoms with Crippen molar-refractivity contribution in [2.45, 2.75) is 45.4 Å². The number of amides is 1. The Morgan fingerprint density at radius 3 is 2.68 bits per heavy atom. The summed E-state index contributed by atoms with van der Waals surface area (Å²) in [6.07, 6.45) is -0.327. The summed E-state index contributed by atoms with van der Waals surface area (Å²) < 4.78 is 18.5. The number of benzene rings is 1. The van der Waals surface area contributed by atoms with Crippen molar-refractivity contribution in [2.75, 3.05) is 13.1 Å². The Labute approximate surface area is 130 Å². The van der Waals surface area contributed by atoms with E-state index in [0.29, 0.717) is 18.7 Å². The molecule has 1 aromatic carbocycles. The lowest BCUT2D eigenvalue weighted by Crippen LogP contribution is -2.60. The van der Waals surface area contributed by atoms with E-state index in [9.17, 15) is 14.3 Å². The first-order valence-corrected chi connectivity index (χ1v) is 7.38. The van der Waals surface area contributed by atoms with E-state index in [1.165, 1.54) is 18.2 Å². The first-order chi connectivity index (χ1) is 10.2. The van der Waals surface area contributed by atoms with Crippen molar-refractivity contribution >= 4 is 6.09 Å². The van der Waals surface area contributed by atoms with Gasteiger partial charge in [-0.2, -0.15) is 0 Å². The topological polar surface area (TPSA) is 61.8 Å². The number of carbonyl (C=O) groups excluding carboxylic acids is 1. The summed E-state index contributed by atoms with van der Waals surface area (Å²) in [5, 5.41) is 13.1. The quantitative estimate of drug-likeness (QED) is 0.901. The average molecular weight is 310 g/mol. The van der Waals surface area contributed by atoms with E-state index >= 15 is 0 Å². The zero-order chi connectivity index (χ0) is 16.5. The zero-order valence-corrected chi connectivity index (χ0v) is 13.4. The molecule has 1 fully saturated rings. The van der Waals surface area contributed by atoms with Crippen molar-refractivity contribution in [3.05, 3.63) is 29.6 Å². The van der Waals surface area contributed by atoms with E-state index in [-0.39, 0.29) is 29.7 Å². The van der Waals surface area contributed by atoms with Crippen LogP contribution in [0, 0.1) is 5.82 Å². The molecule has 22 heavy (non-hydrogen) atoms. The van der Waals surface area contributed by atoms with E-state index in [0.717, 1.165) is 0 Å². The largest absolute Gasteiger partial charge is 0.508 e. The zero-order valence-electron chi connectivity index (χ0n) is 13.4. The van der Waals surface area contributed by atoms with Crippen molar-refractivity contribution in [3.8, 4) is 5.75 Å². The van der Waals surface area contributed by atoms with E-state index in [1.807, 2.05) is 27.7 Å². The second-order valence-corrected chi connectivity index (χ2v) is 6.67. The van der Waals surface area contributed by atoms with Crippen molar-refractivity contribution in [3.63, 3.8) is 0 Å². The molecule has 2 rings (SSSR count). The fraction of sp³-hybridized carbons (Fsp3) is 0.562. The van der Waals surface area contributed by atoms with Crippen LogP contribution in [0.4, 0.5) is 9.18 Å². The maximum Gasteiger partial charge on any atom is 0.410 e. The van der Waals surface area contributed by atoms with Crippen LogP contribution in [0.3, 0.4) is 0 Å². The van der Waals surface area contributed by atoms with Crippen LogP contribution in [-0.2, 0) is 4.74 Å². The molecule has 1 aliphatic rings. The van der Waals surface area contributed by atoms with Crippen LogP contribution < -0.4 is 5.32 Å². The normalized spacial score (nSPS) is 17.0. The van der Waals surface area contributed by atoms with Crippen LogP contribution >= 0.6 is 0 Å². The Morgan fingerprint density at radius 2 is 2.09 bits per heavy atom. The Hall–Kier alpha value is -1.82. The molecule has 1 aliphatic heterocycles. The highest BCUT2D eigenvalue weighted by Crippen LogP contribution is 2.26. The lowest BCUT2D eigenvalue weighted by atomic mass is 10.0. The van der Waals surface area contributed by atoms with E-state index in [2.05, 4.69) is 5.32 Å². The van der Waals surface area contributed by atoms with Gasteiger partial charge in [-0.15, -0.1) is 0 Å². The summed E-state index contributed by atoms with van der Waals surface area (Å²) in [6.45, 7) is 8.41. The number of rotatable bonds is 3. The molecule has 0 bridgehead atoms. The number of aromatic hydroxyl groups is 1. The minimum Gasteiger partial charge on any atom is -0.508 e. The maximum atomic E-state index is 13.3.